The van der Waals surface area contributed by atoms with Crippen LogP contribution in [-0.2, 0) is 0 Å². The third-order valence-electron chi connectivity index (χ3n) is 2.68. The number of rotatable bonds is 6. The van der Waals surface area contributed by atoms with Gasteiger partial charge in [0, 0.05) is 22.3 Å². The largest absolute Gasteiger partial charge is 0.492 e. The summed E-state index contributed by atoms with van der Waals surface area (Å²) in [6.07, 6.45) is 0. The Bertz CT molecular complexity index is 590. The van der Waals surface area contributed by atoms with Crippen LogP contribution in [0.2, 0.25) is 0 Å². The van der Waals surface area contributed by atoms with Crippen LogP contribution in [0.3, 0.4) is 0 Å². The number of nitrogens with two attached hydrogens (primary N) is 1. The highest BCUT2D eigenvalue weighted by Gasteiger charge is 2.05. The van der Waals surface area contributed by atoms with Crippen molar-refractivity contribution in [3.05, 3.63) is 58.6 Å². The van der Waals surface area contributed by atoms with Gasteiger partial charge in [-0.2, -0.15) is 0 Å². The molecule has 104 valence electrons. The SMILES string of the molecule is NC(=S)c1cc(Br)ccc1NCCOc1ccccc1. The lowest BCUT2D eigenvalue weighted by Crippen LogP contribution is -2.16. The van der Waals surface area contributed by atoms with E-state index in [2.05, 4.69) is 21.2 Å². The van der Waals surface area contributed by atoms with Crippen molar-refractivity contribution in [1.82, 2.24) is 0 Å². The zero-order chi connectivity index (χ0) is 14.4. The van der Waals surface area contributed by atoms with Crippen molar-refractivity contribution in [1.29, 1.82) is 0 Å². The van der Waals surface area contributed by atoms with E-state index in [1.807, 2.05) is 48.5 Å². The number of anilines is 1. The first-order chi connectivity index (χ1) is 9.66. The second-order valence-corrected chi connectivity index (χ2v) is 5.50. The normalized spacial score (nSPS) is 10.1. The molecule has 2 rings (SSSR count). The Kier molecular flexibility index (Phi) is 5.38. The molecule has 2 aromatic carbocycles. The molecule has 0 amide bonds. The van der Waals surface area contributed by atoms with Gasteiger partial charge >= 0.3 is 0 Å². The van der Waals surface area contributed by atoms with Crippen LogP contribution < -0.4 is 15.8 Å². The molecular formula is C15H15BrN2OS. The summed E-state index contributed by atoms with van der Waals surface area (Å²) in [5.74, 6) is 0.861. The van der Waals surface area contributed by atoms with Crippen LogP contribution in [0.15, 0.2) is 53.0 Å². The third kappa shape index (κ3) is 4.21. The number of ether oxygens (including phenoxy) is 1. The van der Waals surface area contributed by atoms with Crippen LogP contribution in [0.25, 0.3) is 0 Å². The van der Waals surface area contributed by atoms with E-state index in [4.69, 9.17) is 22.7 Å². The molecule has 3 nitrogen and oxygen atoms in total. The van der Waals surface area contributed by atoms with Crippen molar-refractivity contribution in [2.24, 2.45) is 5.73 Å². The van der Waals surface area contributed by atoms with E-state index in [9.17, 15) is 0 Å². The van der Waals surface area contributed by atoms with Crippen LogP contribution in [0.4, 0.5) is 5.69 Å². The first-order valence-corrected chi connectivity index (χ1v) is 7.38. The molecule has 0 spiro atoms. The van der Waals surface area contributed by atoms with Gasteiger partial charge in [-0.1, -0.05) is 46.3 Å². The van der Waals surface area contributed by atoms with E-state index in [0.717, 1.165) is 21.5 Å². The van der Waals surface area contributed by atoms with E-state index in [1.165, 1.54) is 0 Å². The second-order valence-electron chi connectivity index (χ2n) is 4.14. The van der Waals surface area contributed by atoms with Crippen molar-refractivity contribution in [3.63, 3.8) is 0 Å². The number of para-hydroxylation sites is 1. The summed E-state index contributed by atoms with van der Waals surface area (Å²) in [4.78, 5) is 0.373. The van der Waals surface area contributed by atoms with Crippen LogP contribution in [0.1, 0.15) is 5.56 Å². The quantitative estimate of drug-likeness (QED) is 0.617. The number of hydrogen-bond donors (Lipinski definition) is 2. The standard InChI is InChI=1S/C15H15BrN2OS/c16-11-6-7-14(13(10-11)15(17)20)18-8-9-19-12-4-2-1-3-5-12/h1-7,10,18H,8-9H2,(H2,17,20). The lowest BCUT2D eigenvalue weighted by molar-refractivity contribution is 0.333. The molecule has 0 saturated heterocycles. The highest BCUT2D eigenvalue weighted by molar-refractivity contribution is 9.10. The van der Waals surface area contributed by atoms with Gasteiger partial charge in [-0.25, -0.2) is 0 Å². The van der Waals surface area contributed by atoms with E-state index >= 15 is 0 Å². The molecule has 0 heterocycles. The zero-order valence-corrected chi connectivity index (χ0v) is 13.2. The molecule has 0 radical (unpaired) electrons. The average molecular weight is 351 g/mol. The van der Waals surface area contributed by atoms with Crippen molar-refractivity contribution in [2.75, 3.05) is 18.5 Å². The first-order valence-electron chi connectivity index (χ1n) is 6.18. The van der Waals surface area contributed by atoms with Gasteiger partial charge in [0.15, 0.2) is 0 Å². The molecule has 0 aliphatic heterocycles. The van der Waals surface area contributed by atoms with Gasteiger partial charge < -0.3 is 15.8 Å². The molecule has 0 atom stereocenters. The molecule has 5 heteroatoms. The van der Waals surface area contributed by atoms with E-state index in [1.54, 1.807) is 0 Å². The lowest BCUT2D eigenvalue weighted by Gasteiger charge is -2.12. The summed E-state index contributed by atoms with van der Waals surface area (Å²) in [6, 6.07) is 15.5. The fourth-order valence-corrected chi connectivity index (χ4v) is 2.28. The van der Waals surface area contributed by atoms with Gasteiger partial charge in [-0.05, 0) is 30.3 Å². The summed E-state index contributed by atoms with van der Waals surface area (Å²) >= 11 is 8.46. The van der Waals surface area contributed by atoms with Gasteiger partial charge in [-0.15, -0.1) is 0 Å². The van der Waals surface area contributed by atoms with Crippen LogP contribution in [0.5, 0.6) is 5.75 Å². The maximum Gasteiger partial charge on any atom is 0.119 e. The number of hydrogen-bond acceptors (Lipinski definition) is 3. The Morgan fingerprint density at radius 1 is 1.20 bits per heavy atom. The fraction of sp³-hybridized carbons (Fsp3) is 0.133. The van der Waals surface area contributed by atoms with Crippen LogP contribution >= 0.6 is 28.1 Å². The smallest absolute Gasteiger partial charge is 0.119 e. The summed E-state index contributed by atoms with van der Waals surface area (Å²) in [5, 5.41) is 3.28. The number of halogens is 1. The molecule has 0 fully saturated rings. The van der Waals surface area contributed by atoms with Crippen molar-refractivity contribution >= 4 is 38.8 Å². The minimum atomic E-state index is 0.373. The van der Waals surface area contributed by atoms with Crippen molar-refractivity contribution < 1.29 is 4.74 Å². The fourth-order valence-electron chi connectivity index (χ4n) is 1.75. The molecule has 0 aromatic heterocycles. The van der Waals surface area contributed by atoms with Crippen molar-refractivity contribution in [2.45, 2.75) is 0 Å². The lowest BCUT2D eigenvalue weighted by atomic mass is 10.2. The van der Waals surface area contributed by atoms with E-state index < -0.39 is 0 Å². The van der Waals surface area contributed by atoms with Crippen molar-refractivity contribution in [3.8, 4) is 5.75 Å². The van der Waals surface area contributed by atoms with Gasteiger partial charge in [-0.3, -0.25) is 0 Å². The number of thiocarbonyl (C=S) groups is 1. The Morgan fingerprint density at radius 3 is 2.65 bits per heavy atom. The Balaban J connectivity index is 1.90. The predicted molar refractivity (Wildman–Crippen MR) is 90.5 cm³/mol. The Hall–Kier alpha value is -1.59. The second kappa shape index (κ2) is 7.26. The molecule has 3 N–H and O–H groups in total. The molecule has 0 bridgehead atoms. The highest BCUT2D eigenvalue weighted by atomic mass is 79.9. The molecule has 0 aliphatic rings. The first kappa shape index (κ1) is 14.8. The van der Waals surface area contributed by atoms with Gasteiger partial charge in [0.1, 0.15) is 17.3 Å². The van der Waals surface area contributed by atoms with Gasteiger partial charge in [0.25, 0.3) is 0 Å². The molecule has 0 unspecified atom stereocenters. The van der Waals surface area contributed by atoms with E-state index in [-0.39, 0.29) is 0 Å². The third-order valence-corrected chi connectivity index (χ3v) is 3.39. The maximum absolute atomic E-state index is 5.72. The average Bonchev–Trinajstić information content (AvgIpc) is 2.45. The molecule has 2 aromatic rings. The molecular weight excluding hydrogens is 336 g/mol. The summed E-state index contributed by atoms with van der Waals surface area (Å²) in [5.41, 5.74) is 7.46. The Morgan fingerprint density at radius 2 is 1.95 bits per heavy atom. The number of nitrogens with one attached hydrogen (secondary N) is 1. The maximum atomic E-state index is 5.72. The molecule has 0 aliphatic carbocycles. The minimum Gasteiger partial charge on any atom is -0.492 e. The van der Waals surface area contributed by atoms with Gasteiger partial charge in [0.05, 0.1) is 0 Å². The molecule has 20 heavy (non-hydrogen) atoms. The van der Waals surface area contributed by atoms with Gasteiger partial charge in [0.2, 0.25) is 0 Å². The summed E-state index contributed by atoms with van der Waals surface area (Å²) in [6.45, 7) is 1.24. The molecule has 0 saturated carbocycles. The number of benzene rings is 2. The van der Waals surface area contributed by atoms with Crippen LogP contribution in [-0.4, -0.2) is 18.1 Å². The monoisotopic (exact) mass is 350 g/mol. The predicted octanol–water partition coefficient (Wildman–Crippen LogP) is 3.57. The summed E-state index contributed by atoms with van der Waals surface area (Å²) in [7, 11) is 0. The zero-order valence-electron chi connectivity index (χ0n) is 10.8. The topological polar surface area (TPSA) is 47.3 Å². The highest BCUT2D eigenvalue weighted by Crippen LogP contribution is 2.21. The van der Waals surface area contributed by atoms with Crippen LogP contribution in [0, 0.1) is 0 Å². The van der Waals surface area contributed by atoms with E-state index in [0.29, 0.717) is 18.1 Å². The minimum absolute atomic E-state index is 0.373. The summed E-state index contributed by atoms with van der Waals surface area (Å²) < 4.78 is 6.57. The Labute approximate surface area is 132 Å².